The van der Waals surface area contributed by atoms with E-state index in [9.17, 15) is 9.59 Å². The van der Waals surface area contributed by atoms with Gasteiger partial charge >= 0.3 is 5.97 Å². The number of fused-ring (bicyclic) bond motifs is 2. The minimum absolute atomic E-state index is 0.0538. The summed E-state index contributed by atoms with van der Waals surface area (Å²) in [5.74, 6) is 3.68. The van der Waals surface area contributed by atoms with Gasteiger partial charge in [0.2, 0.25) is 5.91 Å². The fourth-order valence-corrected chi connectivity index (χ4v) is 9.05. The minimum atomic E-state index is -0.899. The maximum atomic E-state index is 14.6. The third-order valence-electron chi connectivity index (χ3n) is 12.7. The van der Waals surface area contributed by atoms with Crippen LogP contribution in [0.15, 0.2) is 103 Å². The predicted octanol–water partition coefficient (Wildman–Crippen LogP) is 9.74. The van der Waals surface area contributed by atoms with E-state index in [1.165, 1.54) is 32.8 Å². The van der Waals surface area contributed by atoms with E-state index in [1.54, 1.807) is 6.20 Å². The molecule has 0 unspecified atom stereocenters. The topological polar surface area (TPSA) is 108 Å². The highest BCUT2D eigenvalue weighted by Gasteiger charge is 2.39. The number of hydrogen-bond donors (Lipinski definition) is 1. The molecule has 10 heteroatoms. The lowest BCUT2D eigenvalue weighted by Crippen LogP contribution is -2.55. The third-order valence-corrected chi connectivity index (χ3v) is 12.7. The standard InChI is InChI=1S/C51H57N3O7/c1-5-44(37-13-7-6-8-14-37)54-31-40-30-48-47(59-32-49(61-48)38-17-21-41(22-18-38)58-26-24-35-11-9-10-12-35)29-39(40)28-45(54)50(55)53-43(51(56)57-4)27-36-15-19-42(20-16-36)60-46-23-25-52-34(3)33(46)2/h6-8,13-23,25,29-30,35,43-45,49H,5,9-12,24,26-28,31-32H2,1-4H3,(H,53,55)/t43-,44-,45-,49+/m0/s1. The Hall–Kier alpha value is -5.87. The van der Waals surface area contributed by atoms with Crippen molar-refractivity contribution in [2.45, 2.75) is 103 Å². The highest BCUT2D eigenvalue weighted by atomic mass is 16.6. The van der Waals surface area contributed by atoms with Crippen molar-refractivity contribution in [3.05, 3.63) is 142 Å². The van der Waals surface area contributed by atoms with E-state index < -0.39 is 18.1 Å². The van der Waals surface area contributed by atoms with Gasteiger partial charge in [-0.2, -0.15) is 0 Å². The number of aryl methyl sites for hydroxylation is 1. The number of benzene rings is 4. The Kier molecular flexibility index (Phi) is 13.2. The lowest BCUT2D eigenvalue weighted by atomic mass is 9.89. The second-order valence-corrected chi connectivity index (χ2v) is 16.6. The first kappa shape index (κ1) is 41.8. The number of amides is 1. The fourth-order valence-electron chi connectivity index (χ4n) is 9.05. The fraction of sp³-hybridized carbons (Fsp3) is 0.392. The van der Waals surface area contributed by atoms with E-state index in [1.807, 2.05) is 80.6 Å². The lowest BCUT2D eigenvalue weighted by molar-refractivity contribution is -0.146. The normalized spacial score (nSPS) is 18.4. The van der Waals surface area contributed by atoms with Crippen LogP contribution in [0, 0.1) is 19.8 Å². The Morgan fingerprint density at radius 2 is 1.64 bits per heavy atom. The average Bonchev–Trinajstić information content (AvgIpc) is 3.81. The van der Waals surface area contributed by atoms with Crippen LogP contribution >= 0.6 is 0 Å². The van der Waals surface area contributed by atoms with E-state index in [4.69, 9.17) is 23.7 Å². The molecule has 4 aromatic carbocycles. The zero-order valence-electron chi connectivity index (χ0n) is 35.7. The number of nitrogens with zero attached hydrogens (tertiary/aromatic N) is 2. The van der Waals surface area contributed by atoms with Gasteiger partial charge in [-0.15, -0.1) is 0 Å². The monoisotopic (exact) mass is 823 g/mol. The summed E-state index contributed by atoms with van der Waals surface area (Å²) in [4.78, 5) is 34.5. The first-order chi connectivity index (χ1) is 29.8. The number of carbonyl (C=O) groups is 2. The van der Waals surface area contributed by atoms with Crippen LogP contribution in [0.2, 0.25) is 0 Å². The number of carbonyl (C=O) groups excluding carboxylic acids is 2. The largest absolute Gasteiger partial charge is 0.494 e. The number of esters is 1. The second-order valence-electron chi connectivity index (χ2n) is 16.6. The van der Waals surface area contributed by atoms with Crippen LogP contribution in [0.3, 0.4) is 0 Å². The van der Waals surface area contributed by atoms with Crippen molar-refractivity contribution in [3.8, 4) is 28.7 Å². The van der Waals surface area contributed by atoms with Crippen LogP contribution in [0.5, 0.6) is 28.7 Å². The van der Waals surface area contributed by atoms with E-state index in [2.05, 4.69) is 52.5 Å². The van der Waals surface area contributed by atoms with E-state index >= 15 is 0 Å². The van der Waals surface area contributed by atoms with Gasteiger partial charge < -0.3 is 29.0 Å². The number of rotatable bonds is 15. The molecule has 0 saturated heterocycles. The quantitative estimate of drug-likeness (QED) is 0.103. The maximum absolute atomic E-state index is 14.6. The van der Waals surface area contributed by atoms with Gasteiger partial charge in [-0.1, -0.05) is 87.2 Å². The Bertz CT molecular complexity index is 2270. The summed E-state index contributed by atoms with van der Waals surface area (Å²) >= 11 is 0. The van der Waals surface area contributed by atoms with E-state index in [0.29, 0.717) is 36.8 Å². The molecule has 1 amide bonds. The Morgan fingerprint density at radius 1 is 0.902 bits per heavy atom. The van der Waals surface area contributed by atoms with Gasteiger partial charge in [-0.3, -0.25) is 14.7 Å². The molecule has 3 aliphatic rings. The van der Waals surface area contributed by atoms with E-state index in [0.717, 1.165) is 75.9 Å². The summed E-state index contributed by atoms with van der Waals surface area (Å²) in [7, 11) is 1.35. The zero-order valence-corrected chi connectivity index (χ0v) is 35.7. The van der Waals surface area contributed by atoms with Crippen molar-refractivity contribution >= 4 is 11.9 Å². The summed E-state index contributed by atoms with van der Waals surface area (Å²) < 4.78 is 30.4. The number of nitrogens with one attached hydrogen (secondary N) is 1. The molecule has 0 bridgehead atoms. The molecule has 0 radical (unpaired) electrons. The van der Waals surface area contributed by atoms with Gasteiger partial charge in [0.05, 0.1) is 19.8 Å². The molecule has 2 aliphatic heterocycles. The molecule has 318 valence electrons. The van der Waals surface area contributed by atoms with Gasteiger partial charge in [0.1, 0.15) is 29.9 Å². The molecule has 1 aromatic heterocycles. The molecule has 3 heterocycles. The van der Waals surface area contributed by atoms with Gasteiger partial charge in [-0.05, 0) is 109 Å². The van der Waals surface area contributed by atoms with Gasteiger partial charge in [-0.25, -0.2) is 4.79 Å². The molecule has 1 aliphatic carbocycles. The van der Waals surface area contributed by atoms with Gasteiger partial charge in [0.15, 0.2) is 17.6 Å². The molecule has 10 nitrogen and oxygen atoms in total. The summed E-state index contributed by atoms with van der Waals surface area (Å²) in [5, 5.41) is 3.10. The number of aromatic nitrogens is 1. The average molecular weight is 824 g/mol. The SMILES string of the molecule is CC[C@@H](c1ccccc1)N1Cc2cc3c(cc2C[C@H]1C(=O)N[C@@H](Cc1ccc(Oc2ccnc(C)c2C)cc1)C(=O)OC)OC[C@H](c1ccc(OCCC2CCCC2)cc1)O3. The Morgan fingerprint density at radius 3 is 2.38 bits per heavy atom. The third kappa shape index (κ3) is 9.86. The highest BCUT2D eigenvalue weighted by molar-refractivity contribution is 5.88. The molecular formula is C51H57N3O7. The minimum Gasteiger partial charge on any atom is -0.494 e. The molecule has 1 fully saturated rings. The van der Waals surface area contributed by atoms with Crippen molar-refractivity contribution < 1.29 is 33.3 Å². The van der Waals surface area contributed by atoms with Crippen LogP contribution in [0.25, 0.3) is 0 Å². The predicted molar refractivity (Wildman–Crippen MR) is 234 cm³/mol. The molecule has 5 aromatic rings. The van der Waals surface area contributed by atoms with E-state index in [-0.39, 0.29) is 24.5 Å². The smallest absolute Gasteiger partial charge is 0.328 e. The lowest BCUT2D eigenvalue weighted by Gasteiger charge is -2.42. The van der Waals surface area contributed by atoms with Crippen LogP contribution in [-0.4, -0.2) is 54.2 Å². The van der Waals surface area contributed by atoms with Crippen LogP contribution in [0.4, 0.5) is 0 Å². The summed E-state index contributed by atoms with van der Waals surface area (Å²) in [6.45, 7) is 7.69. The molecule has 0 spiro atoms. The number of pyridine rings is 1. The number of ether oxygens (including phenoxy) is 5. The van der Waals surface area contributed by atoms with Crippen molar-refractivity contribution in [1.82, 2.24) is 15.2 Å². The summed E-state index contributed by atoms with van der Waals surface area (Å²) in [5.41, 5.74) is 6.98. The Labute approximate surface area is 359 Å². The summed E-state index contributed by atoms with van der Waals surface area (Å²) in [6.07, 6.45) is 9.38. The highest BCUT2D eigenvalue weighted by Crippen LogP contribution is 2.43. The van der Waals surface area contributed by atoms with Crippen molar-refractivity contribution in [2.24, 2.45) is 5.92 Å². The number of methoxy groups -OCH3 is 1. The van der Waals surface area contributed by atoms with Crippen molar-refractivity contribution in [2.75, 3.05) is 20.3 Å². The molecule has 1 N–H and O–H groups in total. The maximum Gasteiger partial charge on any atom is 0.328 e. The second kappa shape index (κ2) is 19.2. The molecule has 61 heavy (non-hydrogen) atoms. The zero-order chi connectivity index (χ0) is 42.3. The first-order valence-corrected chi connectivity index (χ1v) is 21.8. The van der Waals surface area contributed by atoms with Crippen molar-refractivity contribution in [1.29, 1.82) is 0 Å². The van der Waals surface area contributed by atoms with Gasteiger partial charge in [0, 0.05) is 36.5 Å². The molecule has 1 saturated carbocycles. The Balaban J connectivity index is 0.983. The molecular weight excluding hydrogens is 767 g/mol. The van der Waals surface area contributed by atoms with Gasteiger partial charge in [0.25, 0.3) is 0 Å². The first-order valence-electron chi connectivity index (χ1n) is 21.8. The molecule has 4 atom stereocenters. The van der Waals surface area contributed by atoms with Crippen LogP contribution in [0.1, 0.15) is 96.7 Å². The van der Waals surface area contributed by atoms with Crippen LogP contribution in [-0.2, 0) is 33.7 Å². The number of hydrogen-bond acceptors (Lipinski definition) is 9. The molecule has 8 rings (SSSR count). The van der Waals surface area contributed by atoms with Crippen LogP contribution < -0.4 is 24.3 Å². The van der Waals surface area contributed by atoms with Crippen molar-refractivity contribution in [3.63, 3.8) is 0 Å². The summed E-state index contributed by atoms with van der Waals surface area (Å²) in [6, 6.07) is 30.4.